The molecule has 0 aliphatic heterocycles. The van der Waals surface area contributed by atoms with E-state index in [1.165, 1.54) is 29.7 Å². The zero-order valence-electron chi connectivity index (χ0n) is 17.3. The number of hydrogen-bond donors (Lipinski definition) is 2. The van der Waals surface area contributed by atoms with Crippen LogP contribution in [0.1, 0.15) is 44.0 Å². The van der Waals surface area contributed by atoms with Crippen LogP contribution < -0.4 is 10.6 Å². The van der Waals surface area contributed by atoms with Crippen LogP contribution in [0.2, 0.25) is 0 Å². The van der Waals surface area contributed by atoms with Crippen molar-refractivity contribution >= 4 is 28.2 Å². The minimum atomic E-state index is -0.478. The summed E-state index contributed by atoms with van der Waals surface area (Å²) in [6.07, 6.45) is 1.45. The molecule has 1 atom stereocenters. The number of rotatable bonds is 6. The highest BCUT2D eigenvalue weighted by molar-refractivity contribution is 7.16. The van der Waals surface area contributed by atoms with Crippen molar-refractivity contribution in [1.82, 2.24) is 9.97 Å². The number of thiophene rings is 1. The Kier molecular flexibility index (Phi) is 5.81. The second-order valence-corrected chi connectivity index (χ2v) is 8.44. The monoisotopic (exact) mass is 436 g/mol. The minimum Gasteiger partial charge on any atom is -0.459 e. The molecule has 4 rings (SSSR count). The Balaban J connectivity index is 1.75. The number of furan rings is 1. The maximum absolute atomic E-state index is 14.1. The van der Waals surface area contributed by atoms with Gasteiger partial charge in [0, 0.05) is 21.8 Å². The summed E-state index contributed by atoms with van der Waals surface area (Å²) < 4.78 is 19.3. The highest BCUT2D eigenvalue weighted by atomic mass is 32.1. The molecule has 0 unspecified atom stereocenters. The number of amides is 1. The van der Waals surface area contributed by atoms with Gasteiger partial charge in [0.05, 0.1) is 12.3 Å². The van der Waals surface area contributed by atoms with Gasteiger partial charge in [0.25, 0.3) is 5.91 Å². The number of aromatic nitrogens is 2. The first-order chi connectivity index (χ1) is 14.9. The normalized spacial score (nSPS) is 11.9. The van der Waals surface area contributed by atoms with Crippen LogP contribution in [0.5, 0.6) is 0 Å². The molecule has 0 aliphatic carbocycles. The molecule has 0 saturated heterocycles. The van der Waals surface area contributed by atoms with E-state index in [0.717, 1.165) is 21.8 Å². The van der Waals surface area contributed by atoms with Gasteiger partial charge in [0.15, 0.2) is 5.76 Å². The Morgan fingerprint density at radius 3 is 2.52 bits per heavy atom. The van der Waals surface area contributed by atoms with Crippen molar-refractivity contribution in [2.24, 2.45) is 0 Å². The number of halogens is 1. The smallest absolute Gasteiger partial charge is 0.291 e. The van der Waals surface area contributed by atoms with Crippen LogP contribution in [0.15, 0.2) is 59.2 Å². The van der Waals surface area contributed by atoms with Gasteiger partial charge in [-0.15, -0.1) is 11.3 Å². The Morgan fingerprint density at radius 1 is 1.06 bits per heavy atom. The Hall–Kier alpha value is -3.52. The second-order valence-electron chi connectivity index (χ2n) is 7.18. The molecule has 0 fully saturated rings. The third-order valence-corrected chi connectivity index (χ3v) is 5.59. The highest BCUT2D eigenvalue weighted by Gasteiger charge is 2.23. The fourth-order valence-corrected chi connectivity index (χ4v) is 4.31. The van der Waals surface area contributed by atoms with Gasteiger partial charge >= 0.3 is 0 Å². The van der Waals surface area contributed by atoms with E-state index >= 15 is 0 Å². The topological polar surface area (TPSA) is 80.0 Å². The third-order valence-electron chi connectivity index (χ3n) is 4.60. The molecule has 3 heterocycles. The van der Waals surface area contributed by atoms with E-state index < -0.39 is 6.04 Å². The van der Waals surface area contributed by atoms with E-state index in [1.54, 1.807) is 18.2 Å². The molecule has 0 saturated carbocycles. The number of carbonyl (C=O) groups excluding carboxylic acids is 1. The van der Waals surface area contributed by atoms with Gasteiger partial charge in [0.2, 0.25) is 5.95 Å². The molecule has 6 nitrogen and oxygen atoms in total. The molecule has 1 amide bonds. The molecule has 4 aromatic rings. The average Bonchev–Trinajstić information content (AvgIpc) is 3.35. The van der Waals surface area contributed by atoms with Gasteiger partial charge < -0.3 is 15.1 Å². The third kappa shape index (κ3) is 4.80. The zero-order valence-corrected chi connectivity index (χ0v) is 18.1. The van der Waals surface area contributed by atoms with Crippen LogP contribution in [-0.4, -0.2) is 15.9 Å². The SMILES string of the molecule is Cc1cc(C)nc(N[C@H](c2cccc(F)c2)c2cc(C)sc2NC(=O)c2ccco2)n1. The van der Waals surface area contributed by atoms with Crippen LogP contribution in [0.25, 0.3) is 0 Å². The van der Waals surface area contributed by atoms with Gasteiger partial charge in [-0.1, -0.05) is 12.1 Å². The first-order valence-corrected chi connectivity index (χ1v) is 10.5. The predicted molar refractivity (Wildman–Crippen MR) is 119 cm³/mol. The summed E-state index contributed by atoms with van der Waals surface area (Å²) in [7, 11) is 0. The fourth-order valence-electron chi connectivity index (χ4n) is 3.36. The van der Waals surface area contributed by atoms with Gasteiger partial charge in [-0.3, -0.25) is 4.79 Å². The maximum Gasteiger partial charge on any atom is 0.291 e. The first-order valence-electron chi connectivity index (χ1n) is 9.68. The molecule has 8 heteroatoms. The largest absolute Gasteiger partial charge is 0.459 e. The summed E-state index contributed by atoms with van der Waals surface area (Å²) in [5.74, 6) is -0.0589. The summed E-state index contributed by atoms with van der Waals surface area (Å²) in [5.41, 5.74) is 3.12. The number of nitrogens with one attached hydrogen (secondary N) is 2. The van der Waals surface area contributed by atoms with Gasteiger partial charge in [-0.2, -0.15) is 0 Å². The standard InChI is InChI=1S/C23H21FN4O2S/c1-13-10-14(2)26-23(25-13)27-20(16-6-4-7-17(24)12-16)18-11-15(3)31-22(18)28-21(29)19-8-5-9-30-19/h4-12,20H,1-3H3,(H,28,29)(H,25,26,27)/t20-/m1/s1. The molecule has 2 N–H and O–H groups in total. The zero-order chi connectivity index (χ0) is 22.0. The Morgan fingerprint density at radius 2 is 1.84 bits per heavy atom. The fraction of sp³-hybridized carbons (Fsp3) is 0.174. The van der Waals surface area contributed by atoms with Gasteiger partial charge in [-0.25, -0.2) is 14.4 Å². The van der Waals surface area contributed by atoms with E-state index in [-0.39, 0.29) is 17.5 Å². The molecule has 3 aromatic heterocycles. The van der Waals surface area contributed by atoms with E-state index in [4.69, 9.17) is 4.42 Å². The van der Waals surface area contributed by atoms with Crippen molar-refractivity contribution in [2.45, 2.75) is 26.8 Å². The number of hydrogen-bond acceptors (Lipinski definition) is 6. The number of benzene rings is 1. The van der Waals surface area contributed by atoms with Crippen LogP contribution in [0.3, 0.4) is 0 Å². The summed E-state index contributed by atoms with van der Waals surface area (Å²) in [5, 5.41) is 6.89. The van der Waals surface area contributed by atoms with Crippen molar-refractivity contribution in [2.75, 3.05) is 10.6 Å². The van der Waals surface area contributed by atoms with Crippen molar-refractivity contribution < 1.29 is 13.6 Å². The van der Waals surface area contributed by atoms with E-state index in [1.807, 2.05) is 39.0 Å². The Labute approximate surface area is 183 Å². The lowest BCUT2D eigenvalue weighted by atomic mass is 10.00. The van der Waals surface area contributed by atoms with E-state index in [2.05, 4.69) is 20.6 Å². The first kappa shape index (κ1) is 20.7. The Bertz CT molecular complexity index is 1200. The molecule has 31 heavy (non-hydrogen) atoms. The number of carbonyl (C=O) groups is 1. The highest BCUT2D eigenvalue weighted by Crippen LogP contribution is 2.37. The van der Waals surface area contributed by atoms with Crippen molar-refractivity contribution in [1.29, 1.82) is 0 Å². The number of anilines is 2. The van der Waals surface area contributed by atoms with Crippen LogP contribution in [0.4, 0.5) is 15.3 Å². The predicted octanol–water partition coefficient (Wildman–Crippen LogP) is 5.65. The van der Waals surface area contributed by atoms with Gasteiger partial charge in [0.1, 0.15) is 10.8 Å². The molecule has 1 aromatic carbocycles. The molecule has 158 valence electrons. The summed E-state index contributed by atoms with van der Waals surface area (Å²) in [4.78, 5) is 22.5. The van der Waals surface area contributed by atoms with E-state index in [0.29, 0.717) is 16.5 Å². The van der Waals surface area contributed by atoms with Crippen molar-refractivity contribution in [3.05, 3.63) is 93.8 Å². The van der Waals surface area contributed by atoms with Crippen LogP contribution in [0, 0.1) is 26.6 Å². The number of nitrogens with zero attached hydrogens (tertiary/aromatic N) is 2. The summed E-state index contributed by atoms with van der Waals surface area (Å²) in [6, 6.07) is 13.0. The molecule has 0 aliphatic rings. The molecular formula is C23H21FN4O2S. The number of aryl methyl sites for hydroxylation is 3. The summed E-state index contributed by atoms with van der Waals surface area (Å²) >= 11 is 1.44. The van der Waals surface area contributed by atoms with Crippen LogP contribution in [-0.2, 0) is 0 Å². The van der Waals surface area contributed by atoms with Gasteiger partial charge in [-0.05, 0) is 62.7 Å². The minimum absolute atomic E-state index is 0.213. The lowest BCUT2D eigenvalue weighted by Crippen LogP contribution is -2.18. The van der Waals surface area contributed by atoms with Crippen LogP contribution >= 0.6 is 11.3 Å². The summed E-state index contributed by atoms with van der Waals surface area (Å²) in [6.45, 7) is 5.73. The van der Waals surface area contributed by atoms with Crippen molar-refractivity contribution in [3.8, 4) is 0 Å². The second kappa shape index (κ2) is 8.69. The average molecular weight is 437 g/mol. The maximum atomic E-state index is 14.1. The molecular weight excluding hydrogens is 415 g/mol. The molecule has 0 spiro atoms. The lowest BCUT2D eigenvalue weighted by molar-refractivity contribution is 0.0997. The van der Waals surface area contributed by atoms with Crippen molar-refractivity contribution in [3.63, 3.8) is 0 Å². The molecule has 0 radical (unpaired) electrons. The lowest BCUT2D eigenvalue weighted by Gasteiger charge is -2.21. The quantitative estimate of drug-likeness (QED) is 0.408. The molecule has 0 bridgehead atoms. The van der Waals surface area contributed by atoms with E-state index in [9.17, 15) is 9.18 Å².